The van der Waals surface area contributed by atoms with E-state index >= 15 is 0 Å². The summed E-state index contributed by atoms with van der Waals surface area (Å²) in [4.78, 5) is 22.8. The van der Waals surface area contributed by atoms with Crippen LogP contribution in [0.1, 0.15) is 48.1 Å². The van der Waals surface area contributed by atoms with E-state index in [2.05, 4.69) is 19.2 Å². The standard InChI is InChI=1S/C23H24N2O6/c1-4-15(2)16-5-8-18(9-6-16)30-14-19-10-12-21(31-19)23(26)24-20-11-7-17(25(27)28)13-22(20)29-3/h5-13,15H,4,14H2,1-3H3,(H,24,26). The Bertz CT molecular complexity index is 1060. The Morgan fingerprint density at radius 3 is 2.55 bits per heavy atom. The highest BCUT2D eigenvalue weighted by atomic mass is 16.6. The molecule has 3 rings (SSSR count). The molecule has 0 saturated carbocycles. The third-order valence-electron chi connectivity index (χ3n) is 4.97. The number of nitro benzene ring substituents is 1. The molecule has 0 aliphatic heterocycles. The number of nitro groups is 1. The number of anilines is 1. The molecule has 0 saturated heterocycles. The molecule has 31 heavy (non-hydrogen) atoms. The maximum absolute atomic E-state index is 12.5. The molecule has 0 aliphatic rings. The zero-order valence-corrected chi connectivity index (χ0v) is 17.6. The number of hydrogen-bond donors (Lipinski definition) is 1. The zero-order chi connectivity index (χ0) is 22.4. The van der Waals surface area contributed by atoms with E-state index in [1.807, 2.05) is 24.3 Å². The van der Waals surface area contributed by atoms with Crippen molar-refractivity contribution in [1.82, 2.24) is 0 Å². The summed E-state index contributed by atoms with van der Waals surface area (Å²) in [6, 6.07) is 15.1. The van der Waals surface area contributed by atoms with Crippen molar-refractivity contribution >= 4 is 17.3 Å². The summed E-state index contributed by atoms with van der Waals surface area (Å²) in [6.07, 6.45) is 1.07. The number of nitrogens with zero attached hydrogens (tertiary/aromatic N) is 1. The van der Waals surface area contributed by atoms with Crippen LogP contribution in [-0.2, 0) is 6.61 Å². The zero-order valence-electron chi connectivity index (χ0n) is 17.6. The Balaban J connectivity index is 1.61. The molecule has 1 N–H and O–H groups in total. The van der Waals surface area contributed by atoms with Crippen molar-refractivity contribution in [3.63, 3.8) is 0 Å². The van der Waals surface area contributed by atoms with Gasteiger partial charge in [0.05, 0.1) is 23.8 Å². The van der Waals surface area contributed by atoms with Crippen LogP contribution >= 0.6 is 0 Å². The summed E-state index contributed by atoms with van der Waals surface area (Å²) in [7, 11) is 1.37. The largest absolute Gasteiger partial charge is 0.494 e. The van der Waals surface area contributed by atoms with E-state index in [0.29, 0.717) is 23.1 Å². The number of ether oxygens (including phenoxy) is 2. The smallest absolute Gasteiger partial charge is 0.291 e. The lowest BCUT2D eigenvalue weighted by Crippen LogP contribution is -2.12. The molecule has 0 bridgehead atoms. The maximum Gasteiger partial charge on any atom is 0.291 e. The predicted octanol–water partition coefficient (Wildman–Crippen LogP) is 5.54. The molecule has 2 aromatic carbocycles. The number of non-ortho nitro benzene ring substituents is 1. The second-order valence-corrected chi connectivity index (χ2v) is 7.03. The molecule has 0 spiro atoms. The van der Waals surface area contributed by atoms with E-state index in [-0.39, 0.29) is 23.8 Å². The Kier molecular flexibility index (Phi) is 6.92. The number of methoxy groups -OCH3 is 1. The Labute approximate surface area is 179 Å². The topological polar surface area (TPSA) is 104 Å². The lowest BCUT2D eigenvalue weighted by molar-refractivity contribution is -0.384. The number of nitrogens with one attached hydrogen (secondary N) is 1. The Morgan fingerprint density at radius 2 is 1.90 bits per heavy atom. The maximum atomic E-state index is 12.5. The number of benzene rings is 2. The summed E-state index contributed by atoms with van der Waals surface area (Å²) < 4.78 is 16.4. The molecular weight excluding hydrogens is 400 g/mol. The minimum Gasteiger partial charge on any atom is -0.494 e. The number of carbonyl (C=O) groups is 1. The average molecular weight is 424 g/mol. The fourth-order valence-corrected chi connectivity index (χ4v) is 2.94. The molecule has 8 heteroatoms. The molecule has 0 fully saturated rings. The molecule has 3 aromatic rings. The number of carbonyl (C=O) groups excluding carboxylic acids is 1. The van der Waals surface area contributed by atoms with Crippen LogP contribution in [0.2, 0.25) is 0 Å². The van der Waals surface area contributed by atoms with Gasteiger partial charge in [0.25, 0.3) is 11.6 Å². The minimum atomic E-state index is -0.537. The van der Waals surface area contributed by atoms with Crippen LogP contribution in [0, 0.1) is 10.1 Å². The lowest BCUT2D eigenvalue weighted by Gasteiger charge is -2.10. The molecular formula is C23H24N2O6. The van der Waals surface area contributed by atoms with Gasteiger partial charge in [0.2, 0.25) is 0 Å². The molecule has 1 amide bonds. The van der Waals surface area contributed by atoms with Gasteiger partial charge < -0.3 is 19.2 Å². The first-order valence-electron chi connectivity index (χ1n) is 9.86. The van der Waals surface area contributed by atoms with Crippen molar-refractivity contribution in [1.29, 1.82) is 0 Å². The summed E-state index contributed by atoms with van der Waals surface area (Å²) in [5.41, 5.74) is 1.42. The van der Waals surface area contributed by atoms with Crippen molar-refractivity contribution < 1.29 is 23.6 Å². The molecule has 162 valence electrons. The second kappa shape index (κ2) is 9.80. The molecule has 0 radical (unpaired) electrons. The van der Waals surface area contributed by atoms with Gasteiger partial charge >= 0.3 is 0 Å². The van der Waals surface area contributed by atoms with E-state index in [9.17, 15) is 14.9 Å². The molecule has 1 atom stereocenters. The minimum absolute atomic E-state index is 0.0890. The summed E-state index contributed by atoms with van der Waals surface area (Å²) >= 11 is 0. The van der Waals surface area contributed by atoms with Gasteiger partial charge in [-0.15, -0.1) is 0 Å². The van der Waals surface area contributed by atoms with Crippen molar-refractivity contribution in [2.24, 2.45) is 0 Å². The van der Waals surface area contributed by atoms with Gasteiger partial charge in [-0.25, -0.2) is 0 Å². The second-order valence-electron chi connectivity index (χ2n) is 7.03. The molecule has 0 aliphatic carbocycles. The third kappa shape index (κ3) is 5.42. The number of amides is 1. The van der Waals surface area contributed by atoms with Crippen LogP contribution in [0.5, 0.6) is 11.5 Å². The monoisotopic (exact) mass is 424 g/mol. The molecule has 1 aromatic heterocycles. The van der Waals surface area contributed by atoms with Crippen molar-refractivity contribution in [2.45, 2.75) is 32.8 Å². The SMILES string of the molecule is CCC(C)c1ccc(OCc2ccc(C(=O)Nc3ccc([N+](=O)[O-])cc3OC)o2)cc1. The van der Waals surface area contributed by atoms with Gasteiger partial charge in [-0.05, 0) is 48.2 Å². The average Bonchev–Trinajstić information content (AvgIpc) is 3.27. The molecule has 8 nitrogen and oxygen atoms in total. The lowest BCUT2D eigenvalue weighted by atomic mass is 9.99. The van der Waals surface area contributed by atoms with E-state index in [4.69, 9.17) is 13.9 Å². The summed E-state index contributed by atoms with van der Waals surface area (Å²) in [5.74, 6) is 1.47. The van der Waals surface area contributed by atoms with E-state index in [1.165, 1.54) is 36.9 Å². The normalized spacial score (nSPS) is 11.6. The predicted molar refractivity (Wildman–Crippen MR) is 116 cm³/mol. The Hall–Kier alpha value is -3.81. The van der Waals surface area contributed by atoms with Crippen LogP contribution in [0.4, 0.5) is 11.4 Å². The van der Waals surface area contributed by atoms with E-state index in [0.717, 1.165) is 6.42 Å². The highest BCUT2D eigenvalue weighted by Gasteiger charge is 2.17. The first-order valence-corrected chi connectivity index (χ1v) is 9.86. The number of rotatable bonds is 9. The Morgan fingerprint density at radius 1 is 1.16 bits per heavy atom. The number of hydrogen-bond acceptors (Lipinski definition) is 6. The summed E-state index contributed by atoms with van der Waals surface area (Å²) in [5, 5.41) is 13.5. The highest BCUT2D eigenvalue weighted by molar-refractivity contribution is 6.03. The van der Waals surface area contributed by atoms with Gasteiger partial charge in [-0.3, -0.25) is 14.9 Å². The van der Waals surface area contributed by atoms with Crippen LogP contribution in [0.25, 0.3) is 0 Å². The first-order chi connectivity index (χ1) is 14.9. The van der Waals surface area contributed by atoms with Gasteiger partial charge in [0.1, 0.15) is 23.9 Å². The summed E-state index contributed by atoms with van der Waals surface area (Å²) in [6.45, 7) is 4.51. The van der Waals surface area contributed by atoms with Crippen molar-refractivity contribution in [2.75, 3.05) is 12.4 Å². The van der Waals surface area contributed by atoms with Crippen LogP contribution in [0.15, 0.2) is 59.0 Å². The van der Waals surface area contributed by atoms with Gasteiger partial charge in [0.15, 0.2) is 5.76 Å². The van der Waals surface area contributed by atoms with Gasteiger partial charge in [0, 0.05) is 6.07 Å². The highest BCUT2D eigenvalue weighted by Crippen LogP contribution is 2.29. The fraction of sp³-hybridized carbons (Fsp3) is 0.261. The van der Waals surface area contributed by atoms with E-state index < -0.39 is 10.8 Å². The van der Waals surface area contributed by atoms with Crippen LogP contribution in [-0.4, -0.2) is 17.9 Å². The van der Waals surface area contributed by atoms with Gasteiger partial charge in [-0.2, -0.15) is 0 Å². The molecule has 1 heterocycles. The van der Waals surface area contributed by atoms with Crippen molar-refractivity contribution in [3.8, 4) is 11.5 Å². The van der Waals surface area contributed by atoms with Crippen LogP contribution in [0.3, 0.4) is 0 Å². The fourth-order valence-electron chi connectivity index (χ4n) is 2.94. The molecule has 1 unspecified atom stereocenters. The van der Waals surface area contributed by atoms with E-state index in [1.54, 1.807) is 6.07 Å². The van der Waals surface area contributed by atoms with Gasteiger partial charge in [-0.1, -0.05) is 26.0 Å². The first kappa shape index (κ1) is 21.9. The quantitative estimate of drug-likeness (QED) is 0.357. The van der Waals surface area contributed by atoms with Crippen LogP contribution < -0.4 is 14.8 Å². The third-order valence-corrected chi connectivity index (χ3v) is 4.97. The number of furan rings is 1. The van der Waals surface area contributed by atoms with Crippen molar-refractivity contribution in [3.05, 3.63) is 81.8 Å².